The molecule has 1 aliphatic heterocycles. The summed E-state index contributed by atoms with van der Waals surface area (Å²) in [6, 6.07) is 18.8. The van der Waals surface area contributed by atoms with E-state index in [-0.39, 0.29) is 5.75 Å². The van der Waals surface area contributed by atoms with Crippen LogP contribution in [0.5, 0.6) is 5.75 Å². The lowest BCUT2D eigenvalue weighted by Crippen LogP contribution is -2.36. The lowest BCUT2D eigenvalue weighted by atomic mass is 10.2. The second kappa shape index (κ2) is 7.41. The first-order chi connectivity index (χ1) is 12.8. The number of hydrogen-bond donors (Lipinski definition) is 2. The molecule has 2 aromatic carbocycles. The van der Waals surface area contributed by atoms with Gasteiger partial charge in [-0.1, -0.05) is 30.3 Å². The Morgan fingerprint density at radius 2 is 1.73 bits per heavy atom. The fourth-order valence-electron chi connectivity index (χ4n) is 2.90. The summed E-state index contributed by atoms with van der Waals surface area (Å²) < 4.78 is 5.44. The molecule has 1 fully saturated rings. The van der Waals surface area contributed by atoms with Crippen LogP contribution in [0.3, 0.4) is 0 Å². The van der Waals surface area contributed by atoms with Crippen LogP contribution in [0.15, 0.2) is 60.7 Å². The number of ether oxygens (including phenoxy) is 1. The molecule has 0 bridgehead atoms. The number of rotatable bonds is 4. The number of anilines is 3. The van der Waals surface area contributed by atoms with Gasteiger partial charge in [0.2, 0.25) is 0 Å². The Hall–Kier alpha value is -3.12. The third-order valence-corrected chi connectivity index (χ3v) is 4.20. The molecule has 4 rings (SSSR count). The Kier molecular flexibility index (Phi) is 4.66. The van der Waals surface area contributed by atoms with Gasteiger partial charge in [-0.05, 0) is 24.3 Å². The maximum Gasteiger partial charge on any atom is 0.164 e. The Morgan fingerprint density at radius 3 is 2.50 bits per heavy atom. The number of phenols is 1. The quantitative estimate of drug-likeness (QED) is 0.753. The molecule has 6 nitrogen and oxygen atoms in total. The third-order valence-electron chi connectivity index (χ3n) is 4.20. The summed E-state index contributed by atoms with van der Waals surface area (Å²) in [5.74, 6) is 2.33. The fourth-order valence-corrected chi connectivity index (χ4v) is 2.90. The van der Waals surface area contributed by atoms with Crippen LogP contribution in [-0.4, -0.2) is 41.4 Å². The van der Waals surface area contributed by atoms with Crippen molar-refractivity contribution in [3.05, 3.63) is 60.7 Å². The molecule has 0 spiro atoms. The van der Waals surface area contributed by atoms with E-state index in [1.807, 2.05) is 42.5 Å². The van der Waals surface area contributed by atoms with Gasteiger partial charge >= 0.3 is 0 Å². The van der Waals surface area contributed by atoms with Crippen molar-refractivity contribution in [1.29, 1.82) is 0 Å². The first-order valence-corrected chi connectivity index (χ1v) is 8.61. The zero-order chi connectivity index (χ0) is 17.8. The van der Waals surface area contributed by atoms with E-state index in [1.54, 1.807) is 18.2 Å². The second-order valence-corrected chi connectivity index (χ2v) is 6.08. The van der Waals surface area contributed by atoms with Crippen LogP contribution >= 0.6 is 0 Å². The summed E-state index contributed by atoms with van der Waals surface area (Å²) in [6.45, 7) is 2.96. The minimum absolute atomic E-state index is 0.195. The van der Waals surface area contributed by atoms with Crippen molar-refractivity contribution in [3.63, 3.8) is 0 Å². The van der Waals surface area contributed by atoms with Crippen molar-refractivity contribution in [1.82, 2.24) is 9.97 Å². The first kappa shape index (κ1) is 16.4. The molecule has 0 radical (unpaired) electrons. The minimum atomic E-state index is 0.195. The van der Waals surface area contributed by atoms with Gasteiger partial charge in [0.25, 0.3) is 0 Å². The number of phenolic OH excluding ortho intramolecular Hbond substituents is 1. The minimum Gasteiger partial charge on any atom is -0.508 e. The van der Waals surface area contributed by atoms with Gasteiger partial charge in [-0.2, -0.15) is 0 Å². The molecular formula is C20H20N4O2. The van der Waals surface area contributed by atoms with Crippen LogP contribution in [-0.2, 0) is 4.74 Å². The van der Waals surface area contributed by atoms with Crippen molar-refractivity contribution in [2.24, 2.45) is 0 Å². The van der Waals surface area contributed by atoms with E-state index in [0.717, 1.165) is 30.2 Å². The van der Waals surface area contributed by atoms with Gasteiger partial charge in [0.15, 0.2) is 5.82 Å². The van der Waals surface area contributed by atoms with Crippen molar-refractivity contribution in [3.8, 4) is 17.1 Å². The molecule has 0 amide bonds. The van der Waals surface area contributed by atoms with Crippen molar-refractivity contribution >= 4 is 17.3 Å². The molecule has 6 heteroatoms. The van der Waals surface area contributed by atoms with E-state index in [1.165, 1.54) is 0 Å². The Labute approximate surface area is 152 Å². The Morgan fingerprint density at radius 1 is 0.923 bits per heavy atom. The number of nitrogens with one attached hydrogen (secondary N) is 1. The number of morpholine rings is 1. The SMILES string of the molecule is Oc1cccc(-c2nc(Nc3ccccc3)cc(N3CCOCC3)n2)c1. The molecule has 0 aliphatic carbocycles. The van der Waals surface area contributed by atoms with Gasteiger partial charge in [0.1, 0.15) is 17.4 Å². The Balaban J connectivity index is 1.73. The van der Waals surface area contributed by atoms with E-state index in [4.69, 9.17) is 9.72 Å². The van der Waals surface area contributed by atoms with Gasteiger partial charge in [0, 0.05) is 30.4 Å². The lowest BCUT2D eigenvalue weighted by Gasteiger charge is -2.28. The van der Waals surface area contributed by atoms with E-state index in [2.05, 4.69) is 15.2 Å². The number of benzene rings is 2. The maximum absolute atomic E-state index is 9.80. The zero-order valence-electron chi connectivity index (χ0n) is 14.3. The van der Waals surface area contributed by atoms with Crippen LogP contribution in [0, 0.1) is 0 Å². The molecule has 26 heavy (non-hydrogen) atoms. The topological polar surface area (TPSA) is 70.5 Å². The van der Waals surface area contributed by atoms with Gasteiger partial charge in [-0.15, -0.1) is 0 Å². The van der Waals surface area contributed by atoms with Crippen LogP contribution in [0.1, 0.15) is 0 Å². The van der Waals surface area contributed by atoms with Crippen LogP contribution < -0.4 is 10.2 Å². The third kappa shape index (κ3) is 3.75. The van der Waals surface area contributed by atoms with Crippen molar-refractivity contribution < 1.29 is 9.84 Å². The average Bonchev–Trinajstić information content (AvgIpc) is 2.69. The molecule has 1 aliphatic rings. The van der Waals surface area contributed by atoms with Crippen LogP contribution in [0.4, 0.5) is 17.3 Å². The van der Waals surface area contributed by atoms with Crippen molar-refractivity contribution in [2.45, 2.75) is 0 Å². The summed E-state index contributed by atoms with van der Waals surface area (Å²) in [5, 5.41) is 13.1. The number of hydrogen-bond acceptors (Lipinski definition) is 6. The monoisotopic (exact) mass is 348 g/mol. The predicted molar refractivity (Wildman–Crippen MR) is 102 cm³/mol. The predicted octanol–water partition coefficient (Wildman–Crippen LogP) is 3.43. The largest absolute Gasteiger partial charge is 0.508 e. The summed E-state index contributed by atoms with van der Waals surface area (Å²) in [6.07, 6.45) is 0. The number of nitrogens with zero attached hydrogens (tertiary/aromatic N) is 3. The van der Waals surface area contributed by atoms with Crippen LogP contribution in [0.2, 0.25) is 0 Å². The molecular weight excluding hydrogens is 328 g/mol. The van der Waals surface area contributed by atoms with E-state index in [9.17, 15) is 5.11 Å². The van der Waals surface area contributed by atoms with E-state index >= 15 is 0 Å². The van der Waals surface area contributed by atoms with Crippen molar-refractivity contribution in [2.75, 3.05) is 36.5 Å². The highest BCUT2D eigenvalue weighted by Gasteiger charge is 2.16. The van der Waals surface area contributed by atoms with Crippen LogP contribution in [0.25, 0.3) is 11.4 Å². The first-order valence-electron chi connectivity index (χ1n) is 8.61. The second-order valence-electron chi connectivity index (χ2n) is 6.08. The molecule has 0 atom stereocenters. The van der Waals surface area contributed by atoms with E-state index < -0.39 is 0 Å². The average molecular weight is 348 g/mol. The van der Waals surface area contributed by atoms with Gasteiger partial charge in [-0.25, -0.2) is 9.97 Å². The summed E-state index contributed by atoms with van der Waals surface area (Å²) in [4.78, 5) is 11.5. The molecule has 1 saturated heterocycles. The smallest absolute Gasteiger partial charge is 0.164 e. The lowest BCUT2D eigenvalue weighted by molar-refractivity contribution is 0.122. The maximum atomic E-state index is 9.80. The fraction of sp³-hybridized carbons (Fsp3) is 0.200. The number of para-hydroxylation sites is 1. The summed E-state index contributed by atoms with van der Waals surface area (Å²) >= 11 is 0. The highest BCUT2D eigenvalue weighted by molar-refractivity contribution is 5.66. The molecule has 1 aromatic heterocycles. The number of aromatic nitrogens is 2. The standard InChI is InChI=1S/C20H20N4O2/c25-17-8-4-5-15(13-17)20-22-18(21-16-6-2-1-3-7-16)14-19(23-20)24-9-11-26-12-10-24/h1-8,13-14,25H,9-12H2,(H,21,22,23). The highest BCUT2D eigenvalue weighted by atomic mass is 16.5. The normalized spacial score (nSPS) is 14.2. The Bertz CT molecular complexity index is 880. The summed E-state index contributed by atoms with van der Waals surface area (Å²) in [5.41, 5.74) is 1.73. The molecule has 0 unspecified atom stereocenters. The number of aromatic hydroxyl groups is 1. The van der Waals surface area contributed by atoms with Gasteiger partial charge in [-0.3, -0.25) is 0 Å². The molecule has 0 saturated carbocycles. The molecule has 2 heterocycles. The van der Waals surface area contributed by atoms with E-state index in [0.29, 0.717) is 24.9 Å². The van der Waals surface area contributed by atoms with Gasteiger partial charge in [0.05, 0.1) is 13.2 Å². The zero-order valence-corrected chi connectivity index (χ0v) is 14.3. The molecule has 2 N–H and O–H groups in total. The summed E-state index contributed by atoms with van der Waals surface area (Å²) in [7, 11) is 0. The molecule has 132 valence electrons. The van der Waals surface area contributed by atoms with Gasteiger partial charge < -0.3 is 20.1 Å². The molecule has 3 aromatic rings. The highest BCUT2D eigenvalue weighted by Crippen LogP contribution is 2.26.